The van der Waals surface area contributed by atoms with Crippen molar-refractivity contribution in [1.29, 1.82) is 0 Å². The second-order valence-electron chi connectivity index (χ2n) is 5.91. The molecule has 0 bridgehead atoms. The van der Waals surface area contributed by atoms with E-state index in [0.29, 0.717) is 16.9 Å². The topological polar surface area (TPSA) is 75.3 Å². The molecule has 3 rings (SSSR count). The minimum Gasteiger partial charge on any atom is -0.322 e. The number of carbonyl (C=O) groups excluding carboxylic acids is 1. The lowest BCUT2D eigenvalue weighted by molar-refractivity contribution is 0.102. The fourth-order valence-electron chi connectivity index (χ4n) is 2.47. The van der Waals surface area contributed by atoms with Gasteiger partial charge in [0.25, 0.3) is 15.9 Å². The summed E-state index contributed by atoms with van der Waals surface area (Å²) in [5.41, 5.74) is 2.47. The summed E-state index contributed by atoms with van der Waals surface area (Å²) in [5, 5.41) is 2.83. The first-order chi connectivity index (χ1) is 12.8. The van der Waals surface area contributed by atoms with Gasteiger partial charge in [0.1, 0.15) is 0 Å². The van der Waals surface area contributed by atoms with Gasteiger partial charge in [-0.3, -0.25) is 9.52 Å². The fraction of sp³-hybridized carbons (Fsp3) is 0.0500. The number of rotatable bonds is 5. The predicted molar refractivity (Wildman–Crippen MR) is 111 cm³/mol. The van der Waals surface area contributed by atoms with Crippen LogP contribution in [-0.4, -0.2) is 14.3 Å². The van der Waals surface area contributed by atoms with Crippen LogP contribution in [0.15, 0.2) is 82.2 Å². The van der Waals surface area contributed by atoms with Crippen molar-refractivity contribution in [3.63, 3.8) is 0 Å². The summed E-state index contributed by atoms with van der Waals surface area (Å²) in [6.07, 6.45) is 0. The van der Waals surface area contributed by atoms with E-state index in [1.165, 1.54) is 24.3 Å². The molecule has 0 atom stereocenters. The van der Waals surface area contributed by atoms with E-state index >= 15 is 0 Å². The average Bonchev–Trinajstić information content (AvgIpc) is 2.64. The van der Waals surface area contributed by atoms with Crippen molar-refractivity contribution in [3.05, 3.63) is 88.4 Å². The Morgan fingerprint density at radius 1 is 0.926 bits per heavy atom. The first-order valence-electron chi connectivity index (χ1n) is 8.10. The van der Waals surface area contributed by atoms with E-state index in [1.807, 2.05) is 19.1 Å². The zero-order chi connectivity index (χ0) is 19.4. The molecule has 1 amide bonds. The highest BCUT2D eigenvalue weighted by atomic mass is 79.9. The van der Waals surface area contributed by atoms with Crippen molar-refractivity contribution in [2.45, 2.75) is 11.8 Å². The summed E-state index contributed by atoms with van der Waals surface area (Å²) in [4.78, 5) is 12.5. The molecule has 0 aromatic heterocycles. The third-order valence-corrected chi connectivity index (χ3v) is 5.78. The smallest absolute Gasteiger partial charge is 0.261 e. The van der Waals surface area contributed by atoms with Crippen LogP contribution in [0.25, 0.3) is 0 Å². The Morgan fingerprint density at radius 3 is 2.22 bits per heavy atom. The number of aryl methyl sites for hydroxylation is 1. The number of sulfonamides is 1. The molecule has 0 aliphatic heterocycles. The number of hydrogen-bond donors (Lipinski definition) is 2. The summed E-state index contributed by atoms with van der Waals surface area (Å²) in [6, 6.07) is 20.0. The molecule has 3 aromatic rings. The number of benzene rings is 3. The SMILES string of the molecule is Cc1cc(Br)ccc1NC(=O)c1ccc(S(=O)(=O)Nc2ccccc2)cc1. The van der Waals surface area contributed by atoms with E-state index in [-0.39, 0.29) is 10.8 Å². The maximum absolute atomic E-state index is 12.4. The van der Waals surface area contributed by atoms with E-state index in [4.69, 9.17) is 0 Å². The summed E-state index contributed by atoms with van der Waals surface area (Å²) in [5.74, 6) is -0.305. The average molecular weight is 445 g/mol. The highest BCUT2D eigenvalue weighted by Gasteiger charge is 2.15. The quantitative estimate of drug-likeness (QED) is 0.592. The molecule has 27 heavy (non-hydrogen) atoms. The maximum Gasteiger partial charge on any atom is 0.261 e. The Bertz CT molecular complexity index is 1070. The molecule has 5 nitrogen and oxygen atoms in total. The highest BCUT2D eigenvalue weighted by Crippen LogP contribution is 2.21. The van der Waals surface area contributed by atoms with Crippen LogP contribution in [0.5, 0.6) is 0 Å². The molecule has 138 valence electrons. The predicted octanol–water partition coefficient (Wildman–Crippen LogP) is 4.81. The molecule has 2 N–H and O–H groups in total. The Kier molecular flexibility index (Phi) is 5.62. The van der Waals surface area contributed by atoms with Crippen LogP contribution < -0.4 is 10.0 Å². The van der Waals surface area contributed by atoms with Crippen molar-refractivity contribution >= 4 is 43.2 Å². The normalized spacial score (nSPS) is 11.0. The summed E-state index contributed by atoms with van der Waals surface area (Å²) in [6.45, 7) is 1.89. The van der Waals surface area contributed by atoms with Crippen molar-refractivity contribution in [1.82, 2.24) is 0 Å². The number of hydrogen-bond acceptors (Lipinski definition) is 3. The van der Waals surface area contributed by atoms with Gasteiger partial charge in [0.2, 0.25) is 0 Å². The molecule has 0 radical (unpaired) electrons. The minimum atomic E-state index is -3.71. The summed E-state index contributed by atoms with van der Waals surface area (Å²) < 4.78 is 28.3. The van der Waals surface area contributed by atoms with E-state index in [2.05, 4.69) is 26.0 Å². The van der Waals surface area contributed by atoms with Crippen molar-refractivity contribution in [2.24, 2.45) is 0 Å². The molecule has 0 aliphatic carbocycles. The van der Waals surface area contributed by atoms with E-state index < -0.39 is 10.0 Å². The standard InChI is InChI=1S/C20H17BrN2O3S/c1-14-13-16(21)9-12-19(14)22-20(24)15-7-10-18(11-8-15)27(25,26)23-17-5-3-2-4-6-17/h2-13,23H,1H3,(H,22,24). The van der Waals surface area contributed by atoms with Gasteiger partial charge in [-0.05, 0) is 67.1 Å². The second kappa shape index (κ2) is 7.94. The summed E-state index contributed by atoms with van der Waals surface area (Å²) >= 11 is 3.38. The number of halogens is 1. The van der Waals surface area contributed by atoms with E-state index in [9.17, 15) is 13.2 Å². The van der Waals surface area contributed by atoms with Gasteiger partial charge in [-0.15, -0.1) is 0 Å². The van der Waals surface area contributed by atoms with Crippen LogP contribution in [0, 0.1) is 6.92 Å². The first-order valence-corrected chi connectivity index (χ1v) is 10.4. The Balaban J connectivity index is 1.75. The lowest BCUT2D eigenvalue weighted by Crippen LogP contribution is -2.15. The van der Waals surface area contributed by atoms with Gasteiger partial charge in [0.05, 0.1) is 4.90 Å². The zero-order valence-electron chi connectivity index (χ0n) is 14.4. The molecule has 7 heteroatoms. The molecule has 3 aromatic carbocycles. The lowest BCUT2D eigenvalue weighted by Gasteiger charge is -2.10. The molecule has 0 aliphatic rings. The van der Waals surface area contributed by atoms with Crippen molar-refractivity contribution in [3.8, 4) is 0 Å². The van der Waals surface area contributed by atoms with Gasteiger partial charge in [-0.1, -0.05) is 34.1 Å². The maximum atomic E-state index is 12.4. The number of carbonyl (C=O) groups is 1. The van der Waals surface area contributed by atoms with Gasteiger partial charge < -0.3 is 5.32 Å². The lowest BCUT2D eigenvalue weighted by atomic mass is 10.1. The first kappa shape index (κ1) is 19.1. The molecule has 0 saturated carbocycles. The molecular formula is C20H17BrN2O3S. The van der Waals surface area contributed by atoms with Gasteiger partial charge >= 0.3 is 0 Å². The molecular weight excluding hydrogens is 428 g/mol. The third-order valence-electron chi connectivity index (χ3n) is 3.89. The third kappa shape index (κ3) is 4.75. The van der Waals surface area contributed by atoms with Gasteiger partial charge in [-0.2, -0.15) is 0 Å². The van der Waals surface area contributed by atoms with Crippen LogP contribution in [-0.2, 0) is 10.0 Å². The number of amides is 1. The zero-order valence-corrected chi connectivity index (χ0v) is 16.8. The summed E-state index contributed by atoms with van der Waals surface area (Å²) in [7, 11) is -3.71. The number of nitrogens with one attached hydrogen (secondary N) is 2. The van der Waals surface area contributed by atoms with E-state index in [1.54, 1.807) is 36.4 Å². The Labute approximate surface area is 166 Å². The van der Waals surface area contributed by atoms with Crippen molar-refractivity contribution in [2.75, 3.05) is 10.0 Å². The Morgan fingerprint density at radius 2 is 1.59 bits per heavy atom. The molecule has 0 spiro atoms. The van der Waals surface area contributed by atoms with Gasteiger partial charge in [0, 0.05) is 21.4 Å². The highest BCUT2D eigenvalue weighted by molar-refractivity contribution is 9.10. The molecule has 0 fully saturated rings. The number of para-hydroxylation sites is 1. The van der Waals surface area contributed by atoms with Gasteiger partial charge in [0.15, 0.2) is 0 Å². The number of anilines is 2. The fourth-order valence-corrected chi connectivity index (χ4v) is 4.00. The second-order valence-corrected chi connectivity index (χ2v) is 8.51. The van der Waals surface area contributed by atoms with Crippen molar-refractivity contribution < 1.29 is 13.2 Å². The van der Waals surface area contributed by atoms with E-state index in [0.717, 1.165) is 10.0 Å². The molecule has 0 unspecified atom stereocenters. The molecule has 0 saturated heterocycles. The molecule has 0 heterocycles. The monoisotopic (exact) mass is 444 g/mol. The van der Waals surface area contributed by atoms with Crippen LogP contribution >= 0.6 is 15.9 Å². The van der Waals surface area contributed by atoms with Crippen LogP contribution in [0.3, 0.4) is 0 Å². The minimum absolute atomic E-state index is 0.0859. The van der Waals surface area contributed by atoms with Crippen LogP contribution in [0.1, 0.15) is 15.9 Å². The van der Waals surface area contributed by atoms with Gasteiger partial charge in [-0.25, -0.2) is 8.42 Å². The Hall–Kier alpha value is -2.64. The van der Waals surface area contributed by atoms with Crippen LogP contribution in [0.4, 0.5) is 11.4 Å². The largest absolute Gasteiger partial charge is 0.322 e. The van der Waals surface area contributed by atoms with Crippen LogP contribution in [0.2, 0.25) is 0 Å².